The van der Waals surface area contributed by atoms with Crippen molar-refractivity contribution in [3.05, 3.63) is 46.5 Å². The Labute approximate surface area is 130 Å². The Hall–Kier alpha value is -2.67. The van der Waals surface area contributed by atoms with Gasteiger partial charge >= 0.3 is 0 Å². The van der Waals surface area contributed by atoms with Crippen LogP contribution < -0.4 is 9.47 Å². The fraction of sp³-hybridized carbons (Fsp3) is 0.133. The average molecular weight is 316 g/mol. The Morgan fingerprint density at radius 3 is 2.64 bits per heavy atom. The number of fused-ring (bicyclic) bond motifs is 1. The monoisotopic (exact) mass is 316 g/mol. The first-order valence-electron chi connectivity index (χ1n) is 6.40. The highest BCUT2D eigenvalue weighted by Crippen LogP contribution is 2.38. The van der Waals surface area contributed by atoms with E-state index in [0.29, 0.717) is 17.0 Å². The molecule has 0 radical (unpaired) electrons. The van der Waals surface area contributed by atoms with Crippen LogP contribution in [0.1, 0.15) is 0 Å². The molecule has 0 aliphatic heterocycles. The Morgan fingerprint density at radius 1 is 1.14 bits per heavy atom. The van der Waals surface area contributed by atoms with Crippen LogP contribution in [0.15, 0.2) is 36.4 Å². The van der Waals surface area contributed by atoms with E-state index >= 15 is 0 Å². The van der Waals surface area contributed by atoms with Crippen molar-refractivity contribution in [1.29, 1.82) is 0 Å². The van der Waals surface area contributed by atoms with E-state index in [2.05, 4.69) is 4.98 Å². The van der Waals surface area contributed by atoms with Crippen molar-refractivity contribution < 1.29 is 14.4 Å². The summed E-state index contributed by atoms with van der Waals surface area (Å²) in [6.07, 6.45) is 0. The van der Waals surface area contributed by atoms with Gasteiger partial charge in [-0.15, -0.1) is 11.3 Å². The maximum atomic E-state index is 10.8. The van der Waals surface area contributed by atoms with Crippen LogP contribution in [0, 0.1) is 10.1 Å². The van der Waals surface area contributed by atoms with Crippen LogP contribution >= 0.6 is 11.3 Å². The zero-order valence-electron chi connectivity index (χ0n) is 11.9. The molecule has 1 aromatic heterocycles. The number of non-ortho nitro benzene ring substituents is 1. The maximum Gasteiger partial charge on any atom is 0.271 e. The highest BCUT2D eigenvalue weighted by molar-refractivity contribution is 7.21. The second-order valence-corrected chi connectivity index (χ2v) is 5.53. The van der Waals surface area contributed by atoms with Gasteiger partial charge in [0.1, 0.15) is 16.5 Å². The molecule has 0 bridgehead atoms. The summed E-state index contributed by atoms with van der Waals surface area (Å²) >= 11 is 1.46. The third kappa shape index (κ3) is 2.46. The largest absolute Gasteiger partial charge is 0.497 e. The van der Waals surface area contributed by atoms with Gasteiger partial charge in [0, 0.05) is 18.2 Å². The lowest BCUT2D eigenvalue weighted by Gasteiger charge is -2.07. The van der Waals surface area contributed by atoms with Gasteiger partial charge in [-0.05, 0) is 18.2 Å². The van der Waals surface area contributed by atoms with Crippen LogP contribution in [0.3, 0.4) is 0 Å². The lowest BCUT2D eigenvalue weighted by Crippen LogP contribution is -1.90. The summed E-state index contributed by atoms with van der Waals surface area (Å²) in [4.78, 5) is 14.9. The number of hydrogen-bond donors (Lipinski definition) is 0. The Morgan fingerprint density at radius 2 is 1.95 bits per heavy atom. The maximum absolute atomic E-state index is 10.8. The first-order valence-corrected chi connectivity index (χ1v) is 7.21. The summed E-state index contributed by atoms with van der Waals surface area (Å²) < 4.78 is 11.4. The van der Waals surface area contributed by atoms with Gasteiger partial charge in [-0.3, -0.25) is 10.1 Å². The highest BCUT2D eigenvalue weighted by atomic mass is 32.1. The normalized spacial score (nSPS) is 10.6. The highest BCUT2D eigenvalue weighted by Gasteiger charge is 2.14. The molecule has 0 aliphatic carbocycles. The molecule has 0 saturated carbocycles. The summed E-state index contributed by atoms with van der Waals surface area (Å²) in [6, 6.07) is 10.1. The van der Waals surface area contributed by atoms with Crippen molar-refractivity contribution in [2.75, 3.05) is 14.2 Å². The smallest absolute Gasteiger partial charge is 0.271 e. The second kappa shape index (κ2) is 5.61. The minimum absolute atomic E-state index is 0.0334. The third-order valence-electron chi connectivity index (χ3n) is 3.22. The van der Waals surface area contributed by atoms with E-state index in [1.165, 1.54) is 23.5 Å². The molecule has 2 aromatic carbocycles. The quantitative estimate of drug-likeness (QED) is 0.539. The molecule has 3 aromatic rings. The van der Waals surface area contributed by atoms with Crippen LogP contribution in [0.4, 0.5) is 5.69 Å². The second-order valence-electron chi connectivity index (χ2n) is 4.49. The van der Waals surface area contributed by atoms with Gasteiger partial charge in [-0.25, -0.2) is 4.98 Å². The predicted octanol–water partition coefficient (Wildman–Crippen LogP) is 3.89. The van der Waals surface area contributed by atoms with Gasteiger partial charge in [0.2, 0.25) is 0 Å². The van der Waals surface area contributed by atoms with Gasteiger partial charge in [0.05, 0.1) is 34.9 Å². The van der Waals surface area contributed by atoms with E-state index < -0.39 is 4.92 Å². The van der Waals surface area contributed by atoms with Crippen LogP contribution in [0.2, 0.25) is 0 Å². The van der Waals surface area contributed by atoms with E-state index in [0.717, 1.165) is 15.3 Å². The van der Waals surface area contributed by atoms with Crippen LogP contribution in [-0.2, 0) is 0 Å². The lowest BCUT2D eigenvalue weighted by molar-refractivity contribution is -0.384. The van der Waals surface area contributed by atoms with E-state index in [1.54, 1.807) is 26.4 Å². The minimum Gasteiger partial charge on any atom is -0.497 e. The summed E-state index contributed by atoms with van der Waals surface area (Å²) in [6.45, 7) is 0. The molecule has 0 saturated heterocycles. The third-order valence-corrected chi connectivity index (χ3v) is 4.29. The number of hydrogen-bond acceptors (Lipinski definition) is 6. The number of rotatable bonds is 4. The van der Waals surface area contributed by atoms with Crippen molar-refractivity contribution in [2.24, 2.45) is 0 Å². The molecule has 3 rings (SSSR count). The number of thiazole rings is 1. The predicted molar refractivity (Wildman–Crippen MR) is 84.8 cm³/mol. The van der Waals surface area contributed by atoms with Gasteiger partial charge in [0.25, 0.3) is 5.69 Å². The number of nitrogens with zero attached hydrogens (tertiary/aromatic N) is 2. The van der Waals surface area contributed by atoms with E-state index in [1.807, 2.05) is 12.1 Å². The van der Waals surface area contributed by atoms with E-state index in [-0.39, 0.29) is 5.69 Å². The van der Waals surface area contributed by atoms with Crippen molar-refractivity contribution >= 4 is 27.2 Å². The SMILES string of the molecule is COc1ccc(-c2nc3cc([N+](=O)[O-])ccc3s2)c(OC)c1. The van der Waals surface area contributed by atoms with Crippen LogP contribution in [0.5, 0.6) is 11.5 Å². The molecule has 0 N–H and O–H groups in total. The van der Waals surface area contributed by atoms with Gasteiger partial charge < -0.3 is 9.47 Å². The summed E-state index contributed by atoms with van der Waals surface area (Å²) in [5.74, 6) is 1.34. The van der Waals surface area contributed by atoms with Crippen LogP contribution in [-0.4, -0.2) is 24.1 Å². The lowest BCUT2D eigenvalue weighted by atomic mass is 10.2. The summed E-state index contributed by atoms with van der Waals surface area (Å²) in [5.41, 5.74) is 1.46. The molecule has 0 fully saturated rings. The Bertz CT molecular complexity index is 860. The molecule has 22 heavy (non-hydrogen) atoms. The zero-order chi connectivity index (χ0) is 15.7. The molecular formula is C15H12N2O4S. The van der Waals surface area contributed by atoms with E-state index in [9.17, 15) is 10.1 Å². The fourth-order valence-electron chi connectivity index (χ4n) is 2.12. The molecule has 0 amide bonds. The van der Waals surface area contributed by atoms with Crippen molar-refractivity contribution in [3.63, 3.8) is 0 Å². The zero-order valence-corrected chi connectivity index (χ0v) is 12.7. The number of ether oxygens (including phenoxy) is 2. The van der Waals surface area contributed by atoms with Gasteiger partial charge in [-0.2, -0.15) is 0 Å². The van der Waals surface area contributed by atoms with Crippen molar-refractivity contribution in [2.45, 2.75) is 0 Å². The average Bonchev–Trinajstić information content (AvgIpc) is 2.96. The molecule has 6 nitrogen and oxygen atoms in total. The molecule has 0 spiro atoms. The van der Waals surface area contributed by atoms with Gasteiger partial charge in [0.15, 0.2) is 0 Å². The first kappa shape index (κ1) is 14.3. The molecule has 0 aliphatic rings. The molecule has 1 heterocycles. The fourth-order valence-corrected chi connectivity index (χ4v) is 3.10. The number of benzene rings is 2. The van der Waals surface area contributed by atoms with Crippen molar-refractivity contribution in [1.82, 2.24) is 4.98 Å². The first-order chi connectivity index (χ1) is 10.6. The molecule has 0 unspecified atom stereocenters. The Balaban J connectivity index is 2.12. The minimum atomic E-state index is -0.424. The van der Waals surface area contributed by atoms with E-state index in [4.69, 9.17) is 9.47 Å². The Kier molecular flexibility index (Phi) is 3.64. The standard InChI is InChI=1S/C15H12N2O4S/c1-20-10-4-5-11(13(8-10)21-2)15-16-12-7-9(17(18)19)3-6-14(12)22-15/h3-8H,1-2H3. The molecule has 7 heteroatoms. The van der Waals surface area contributed by atoms with Crippen LogP contribution in [0.25, 0.3) is 20.8 Å². The van der Waals surface area contributed by atoms with Gasteiger partial charge in [-0.1, -0.05) is 0 Å². The molecule has 112 valence electrons. The topological polar surface area (TPSA) is 74.5 Å². The number of methoxy groups -OCH3 is 2. The number of nitro groups is 1. The number of nitro benzene ring substituents is 1. The van der Waals surface area contributed by atoms with Crippen molar-refractivity contribution in [3.8, 4) is 22.1 Å². The summed E-state index contributed by atoms with van der Waals surface area (Å²) in [5, 5.41) is 11.6. The molecule has 0 atom stereocenters. The number of aromatic nitrogens is 1. The molecular weight excluding hydrogens is 304 g/mol. The summed E-state index contributed by atoms with van der Waals surface area (Å²) in [7, 11) is 3.17.